The van der Waals surface area contributed by atoms with Crippen molar-refractivity contribution in [2.75, 3.05) is 5.32 Å². The van der Waals surface area contributed by atoms with Crippen molar-refractivity contribution in [1.29, 1.82) is 5.26 Å². The fraction of sp³-hybridized carbons (Fsp3) is 0.150. The van der Waals surface area contributed by atoms with Crippen LogP contribution >= 0.6 is 11.3 Å². The highest BCUT2D eigenvalue weighted by Crippen LogP contribution is 2.23. The molecule has 0 saturated carbocycles. The van der Waals surface area contributed by atoms with Gasteiger partial charge in [0.25, 0.3) is 0 Å². The Morgan fingerprint density at radius 3 is 2.65 bits per heavy atom. The number of nitrogens with one attached hydrogen (secondary N) is 1. The van der Waals surface area contributed by atoms with Gasteiger partial charge < -0.3 is 10.4 Å². The zero-order valence-corrected chi connectivity index (χ0v) is 15.1. The smallest absolute Gasteiger partial charge is 0.174 e. The van der Waals surface area contributed by atoms with E-state index in [0.717, 1.165) is 16.8 Å². The maximum Gasteiger partial charge on any atom is 0.174 e. The van der Waals surface area contributed by atoms with Gasteiger partial charge in [-0.25, -0.2) is 9.97 Å². The van der Waals surface area contributed by atoms with Crippen LogP contribution in [-0.4, -0.2) is 15.1 Å². The Morgan fingerprint density at radius 2 is 2.00 bits per heavy atom. The number of rotatable bonds is 3. The first-order chi connectivity index (χ1) is 12.5. The zero-order chi connectivity index (χ0) is 18.6. The highest BCUT2D eigenvalue weighted by Gasteiger charge is 2.22. The van der Waals surface area contributed by atoms with Crippen LogP contribution in [0.25, 0.3) is 0 Å². The first kappa shape index (κ1) is 17.6. The molecular formula is C20H16N4OS. The summed E-state index contributed by atoms with van der Waals surface area (Å²) in [6, 6.07) is 11.3. The van der Waals surface area contributed by atoms with E-state index in [1.54, 1.807) is 25.3 Å². The van der Waals surface area contributed by atoms with Gasteiger partial charge in [-0.3, -0.25) is 0 Å². The summed E-state index contributed by atoms with van der Waals surface area (Å²) in [5, 5.41) is 24.9. The van der Waals surface area contributed by atoms with Gasteiger partial charge in [0.2, 0.25) is 0 Å². The topological polar surface area (TPSA) is 81.8 Å². The van der Waals surface area contributed by atoms with Crippen LogP contribution in [0.4, 0.5) is 11.5 Å². The van der Waals surface area contributed by atoms with E-state index >= 15 is 0 Å². The Hall–Kier alpha value is -3.19. The van der Waals surface area contributed by atoms with Crippen molar-refractivity contribution in [3.05, 3.63) is 69.8 Å². The number of hydrogen-bond donors (Lipinski definition) is 2. The molecule has 0 fully saturated rings. The Labute approximate surface area is 156 Å². The quantitative estimate of drug-likeness (QED) is 0.696. The molecule has 26 heavy (non-hydrogen) atoms. The van der Waals surface area contributed by atoms with Crippen LogP contribution in [0.5, 0.6) is 0 Å². The number of benzene rings is 1. The molecule has 5 nitrogen and oxygen atoms in total. The number of nitrogens with zero attached hydrogens (tertiary/aromatic N) is 3. The zero-order valence-electron chi connectivity index (χ0n) is 14.3. The number of aromatic nitrogens is 2. The molecule has 6 heteroatoms. The van der Waals surface area contributed by atoms with Crippen LogP contribution in [-0.2, 0) is 5.60 Å². The Kier molecular flexibility index (Phi) is 4.99. The molecule has 2 heterocycles. The molecule has 0 aliphatic heterocycles. The molecule has 0 saturated heterocycles. The molecule has 1 atom stereocenters. The Bertz CT molecular complexity index is 1010. The molecule has 2 aromatic heterocycles. The van der Waals surface area contributed by atoms with Crippen LogP contribution in [0.2, 0.25) is 0 Å². The van der Waals surface area contributed by atoms with E-state index in [1.165, 1.54) is 17.5 Å². The minimum atomic E-state index is -1.29. The molecule has 1 unspecified atom stereocenters. The summed E-state index contributed by atoms with van der Waals surface area (Å²) in [5.74, 6) is 6.53. The fourth-order valence-corrected chi connectivity index (χ4v) is 2.87. The summed E-state index contributed by atoms with van der Waals surface area (Å²) >= 11 is 1.37. The average Bonchev–Trinajstić information content (AvgIpc) is 3.19. The van der Waals surface area contributed by atoms with Crippen LogP contribution in [0.1, 0.15) is 28.6 Å². The summed E-state index contributed by atoms with van der Waals surface area (Å²) in [5.41, 5.74) is 1.89. The Morgan fingerprint density at radius 1 is 1.19 bits per heavy atom. The highest BCUT2D eigenvalue weighted by molar-refractivity contribution is 7.09. The van der Waals surface area contributed by atoms with Crippen molar-refractivity contribution in [3.63, 3.8) is 0 Å². The van der Waals surface area contributed by atoms with E-state index in [2.05, 4.69) is 27.1 Å². The molecule has 0 aliphatic carbocycles. The number of aryl methyl sites for hydroxylation is 1. The minimum Gasteiger partial charge on any atom is -0.371 e. The van der Waals surface area contributed by atoms with Crippen LogP contribution in [0.3, 0.4) is 0 Å². The SMILES string of the molecule is Cc1ccc(C#CC(C)(O)c2nccs2)cc1Nc1ccc(C#N)cn1. The number of thiazole rings is 1. The standard InChI is InChI=1S/C20H16N4OS/c1-14-3-4-15(7-8-20(2,25)19-22-9-10-26-19)11-17(14)24-18-6-5-16(12-21)13-23-18/h3-6,9-11,13,25H,1-2H3,(H,23,24). The number of hydrogen-bond acceptors (Lipinski definition) is 6. The lowest BCUT2D eigenvalue weighted by Crippen LogP contribution is -2.17. The number of pyridine rings is 1. The third-order valence-corrected chi connectivity index (χ3v) is 4.68. The van der Waals surface area contributed by atoms with E-state index < -0.39 is 5.60 Å². The summed E-state index contributed by atoms with van der Waals surface area (Å²) in [6.07, 6.45) is 3.17. The molecule has 3 rings (SSSR count). The third kappa shape index (κ3) is 4.07. The van der Waals surface area contributed by atoms with Gasteiger partial charge in [0, 0.05) is 29.0 Å². The minimum absolute atomic E-state index is 0.510. The first-order valence-corrected chi connectivity index (χ1v) is 8.75. The monoisotopic (exact) mass is 360 g/mol. The van der Waals surface area contributed by atoms with Crippen molar-refractivity contribution in [2.24, 2.45) is 0 Å². The van der Waals surface area contributed by atoms with Gasteiger partial charge in [-0.05, 0) is 43.7 Å². The predicted octanol–water partition coefficient (Wildman–Crippen LogP) is 3.72. The van der Waals surface area contributed by atoms with Crippen molar-refractivity contribution in [1.82, 2.24) is 9.97 Å². The fourth-order valence-electron chi connectivity index (χ4n) is 2.22. The van der Waals surface area contributed by atoms with Gasteiger partial charge in [-0.15, -0.1) is 11.3 Å². The van der Waals surface area contributed by atoms with Gasteiger partial charge >= 0.3 is 0 Å². The van der Waals surface area contributed by atoms with Gasteiger partial charge in [-0.1, -0.05) is 17.9 Å². The molecule has 1 aromatic carbocycles. The summed E-state index contributed by atoms with van der Waals surface area (Å²) in [7, 11) is 0. The molecule has 0 spiro atoms. The van der Waals surface area contributed by atoms with Gasteiger partial charge in [0.05, 0.1) is 5.56 Å². The van der Waals surface area contributed by atoms with E-state index in [1.807, 2.05) is 36.6 Å². The van der Waals surface area contributed by atoms with Crippen LogP contribution in [0, 0.1) is 30.1 Å². The molecule has 0 bridgehead atoms. The largest absolute Gasteiger partial charge is 0.371 e. The van der Waals surface area contributed by atoms with E-state index in [-0.39, 0.29) is 0 Å². The van der Waals surface area contributed by atoms with Crippen molar-refractivity contribution < 1.29 is 5.11 Å². The lowest BCUT2D eigenvalue weighted by atomic mass is 10.1. The summed E-state index contributed by atoms with van der Waals surface area (Å²) in [4.78, 5) is 8.34. The predicted molar refractivity (Wildman–Crippen MR) is 102 cm³/mol. The third-order valence-electron chi connectivity index (χ3n) is 3.69. The lowest BCUT2D eigenvalue weighted by molar-refractivity contribution is 0.122. The van der Waals surface area contributed by atoms with Gasteiger partial charge in [-0.2, -0.15) is 5.26 Å². The van der Waals surface area contributed by atoms with E-state index in [0.29, 0.717) is 16.4 Å². The van der Waals surface area contributed by atoms with Gasteiger partial charge in [0.1, 0.15) is 16.9 Å². The molecule has 0 aliphatic rings. The average molecular weight is 360 g/mol. The molecule has 0 amide bonds. The maximum absolute atomic E-state index is 10.5. The van der Waals surface area contributed by atoms with Crippen molar-refractivity contribution in [2.45, 2.75) is 19.4 Å². The number of aliphatic hydroxyl groups is 1. The molecule has 128 valence electrons. The molecule has 3 aromatic rings. The normalized spacial score (nSPS) is 12.4. The second kappa shape index (κ2) is 7.37. The van der Waals surface area contributed by atoms with E-state index in [4.69, 9.17) is 5.26 Å². The maximum atomic E-state index is 10.5. The van der Waals surface area contributed by atoms with Crippen molar-refractivity contribution in [3.8, 4) is 17.9 Å². The van der Waals surface area contributed by atoms with E-state index in [9.17, 15) is 5.11 Å². The van der Waals surface area contributed by atoms with Gasteiger partial charge in [0.15, 0.2) is 5.60 Å². The number of nitriles is 1. The molecule has 0 radical (unpaired) electrons. The number of anilines is 2. The lowest BCUT2D eigenvalue weighted by Gasteiger charge is -2.12. The highest BCUT2D eigenvalue weighted by atomic mass is 32.1. The molecular weight excluding hydrogens is 344 g/mol. The van der Waals surface area contributed by atoms with Crippen LogP contribution in [0.15, 0.2) is 48.1 Å². The summed E-state index contributed by atoms with van der Waals surface area (Å²) < 4.78 is 0. The second-order valence-corrected chi connectivity index (χ2v) is 6.75. The second-order valence-electron chi connectivity index (χ2n) is 5.86. The molecule has 2 N–H and O–H groups in total. The summed E-state index contributed by atoms with van der Waals surface area (Å²) in [6.45, 7) is 3.61. The first-order valence-electron chi connectivity index (χ1n) is 7.87. The van der Waals surface area contributed by atoms with Crippen LogP contribution < -0.4 is 5.32 Å². The Balaban J connectivity index is 1.84. The van der Waals surface area contributed by atoms with Crippen molar-refractivity contribution >= 4 is 22.8 Å².